The number of hydrogen-bond acceptors (Lipinski definition) is 3. The third-order valence-electron chi connectivity index (χ3n) is 3.47. The lowest BCUT2D eigenvalue weighted by atomic mass is 10.2. The minimum Gasteiger partial charge on any atom is -0.349 e. The van der Waals surface area contributed by atoms with Gasteiger partial charge in [-0.2, -0.15) is 0 Å². The van der Waals surface area contributed by atoms with Crippen LogP contribution in [0, 0.1) is 33.4 Å². The molecule has 4 nitrogen and oxygen atoms in total. The summed E-state index contributed by atoms with van der Waals surface area (Å²) >= 11 is 1.89. The van der Waals surface area contributed by atoms with Crippen LogP contribution in [0.5, 0.6) is 0 Å². The molecule has 0 unspecified atom stereocenters. The zero-order valence-corrected chi connectivity index (χ0v) is 17.4. The van der Waals surface area contributed by atoms with E-state index < -0.39 is 33.2 Å². The van der Waals surface area contributed by atoms with Gasteiger partial charge in [-0.3, -0.25) is 4.72 Å². The van der Waals surface area contributed by atoms with Crippen molar-refractivity contribution in [1.82, 2.24) is 0 Å². The first kappa shape index (κ1) is 21.8. The van der Waals surface area contributed by atoms with Gasteiger partial charge in [-0.25, -0.2) is 21.6 Å². The molecule has 2 N–H and O–H groups in total. The summed E-state index contributed by atoms with van der Waals surface area (Å²) in [6.45, 7) is 1.47. The van der Waals surface area contributed by atoms with Gasteiger partial charge in [-0.1, -0.05) is 12.0 Å². The normalized spacial score (nSPS) is 12.1. The molecule has 0 aromatic heterocycles. The molecule has 0 bridgehead atoms. The van der Waals surface area contributed by atoms with Crippen molar-refractivity contribution >= 4 is 49.7 Å². The van der Waals surface area contributed by atoms with E-state index in [0.29, 0.717) is 3.57 Å². The Morgan fingerprint density at radius 3 is 2.43 bits per heavy atom. The van der Waals surface area contributed by atoms with Gasteiger partial charge in [0.05, 0.1) is 16.3 Å². The Hall–Kier alpha value is -2.45. The van der Waals surface area contributed by atoms with Crippen LogP contribution in [0.4, 0.5) is 30.2 Å². The summed E-state index contributed by atoms with van der Waals surface area (Å²) in [4.78, 5) is -0.179. The van der Waals surface area contributed by atoms with Crippen LogP contribution in [0.15, 0.2) is 53.5 Å². The van der Waals surface area contributed by atoms with Gasteiger partial charge < -0.3 is 5.32 Å². The summed E-state index contributed by atoms with van der Waals surface area (Å²) in [5.41, 5.74) is -1.01. The van der Waals surface area contributed by atoms with E-state index in [1.165, 1.54) is 37.3 Å². The van der Waals surface area contributed by atoms with Gasteiger partial charge in [-0.05, 0) is 72.0 Å². The lowest BCUT2D eigenvalue weighted by molar-refractivity contribution is 0.512. The minimum atomic E-state index is -4.15. The largest absolute Gasteiger partial charge is 0.349 e. The van der Waals surface area contributed by atoms with Crippen LogP contribution in [0.3, 0.4) is 0 Å². The molecular weight excluding hydrogens is 504 g/mol. The van der Waals surface area contributed by atoms with Gasteiger partial charge in [0.2, 0.25) is 0 Å². The molecule has 9 heteroatoms. The first-order valence-electron chi connectivity index (χ1n) is 7.71. The quantitative estimate of drug-likeness (QED) is 0.311. The van der Waals surface area contributed by atoms with Crippen molar-refractivity contribution in [3.8, 4) is 12.3 Å². The maximum absolute atomic E-state index is 14.4. The fourth-order valence-electron chi connectivity index (χ4n) is 2.16. The van der Waals surface area contributed by atoms with Crippen molar-refractivity contribution < 1.29 is 21.6 Å². The molecule has 0 saturated carbocycles. The number of allylic oxidation sites excluding steroid dienone is 3. The van der Waals surface area contributed by atoms with Crippen molar-refractivity contribution in [2.45, 2.75) is 6.92 Å². The number of anilines is 3. The summed E-state index contributed by atoms with van der Waals surface area (Å²) in [6, 6.07) is 5.85. The highest BCUT2D eigenvalue weighted by atomic mass is 127. The second-order valence-electron chi connectivity index (χ2n) is 5.33. The Morgan fingerprint density at radius 1 is 1.14 bits per heavy atom. The van der Waals surface area contributed by atoms with Gasteiger partial charge in [0.1, 0.15) is 11.5 Å². The van der Waals surface area contributed by atoms with Gasteiger partial charge in [0, 0.05) is 3.57 Å². The Morgan fingerprint density at radius 2 is 1.82 bits per heavy atom. The van der Waals surface area contributed by atoms with E-state index in [1.54, 1.807) is 6.07 Å². The monoisotopic (exact) mass is 518 g/mol. The second kappa shape index (κ2) is 9.16. The van der Waals surface area contributed by atoms with E-state index in [0.717, 1.165) is 12.1 Å². The second-order valence-corrected chi connectivity index (χ2v) is 8.26. The van der Waals surface area contributed by atoms with E-state index in [-0.39, 0.29) is 16.3 Å². The lowest BCUT2D eigenvalue weighted by Gasteiger charge is -2.16. The van der Waals surface area contributed by atoms with Gasteiger partial charge in [0.15, 0.2) is 11.6 Å². The number of halogens is 4. The van der Waals surface area contributed by atoms with Crippen LogP contribution in [-0.4, -0.2) is 8.42 Å². The fraction of sp³-hybridized carbons (Fsp3) is 0.0526. The highest BCUT2D eigenvalue weighted by Crippen LogP contribution is 2.33. The van der Waals surface area contributed by atoms with Crippen molar-refractivity contribution in [3.63, 3.8) is 0 Å². The van der Waals surface area contributed by atoms with E-state index in [9.17, 15) is 21.6 Å². The molecule has 0 radical (unpaired) electrons. The van der Waals surface area contributed by atoms with Crippen molar-refractivity contribution in [3.05, 3.63) is 74.5 Å². The molecule has 0 atom stereocenters. The van der Waals surface area contributed by atoms with Crippen LogP contribution in [-0.2, 0) is 10.0 Å². The third-order valence-corrected chi connectivity index (χ3v) is 5.62. The van der Waals surface area contributed by atoms with Crippen LogP contribution >= 0.6 is 22.6 Å². The molecule has 0 aliphatic carbocycles. The van der Waals surface area contributed by atoms with Crippen LogP contribution < -0.4 is 10.0 Å². The molecule has 2 aromatic rings. The fourth-order valence-corrected chi connectivity index (χ4v) is 3.75. The zero-order chi connectivity index (χ0) is 20.9. The summed E-state index contributed by atoms with van der Waals surface area (Å²) < 4.78 is 70.0. The number of terminal acetylenes is 1. The molecule has 2 rings (SSSR count). The van der Waals surface area contributed by atoms with Crippen LogP contribution in [0.2, 0.25) is 0 Å². The Bertz CT molecular complexity index is 1110. The highest BCUT2D eigenvalue weighted by molar-refractivity contribution is 14.1. The molecular formula is C19H14F3IN2O2S. The van der Waals surface area contributed by atoms with Gasteiger partial charge in [-0.15, -0.1) is 6.42 Å². The average Bonchev–Trinajstić information content (AvgIpc) is 2.63. The van der Waals surface area contributed by atoms with Crippen molar-refractivity contribution in [2.24, 2.45) is 0 Å². The standard InChI is InChI=1S/C19H14F3IN2O2S/c1-3-5-6-13(4-2)28(26,27)25-17-10-8-14(20)18(22)19(17)24-16-9-7-12(23)11-15(16)21/h1,4-11,24-25H,2H3/b6-5-,13-4+. The number of sulfonamides is 1. The molecule has 146 valence electrons. The number of hydrogen-bond donors (Lipinski definition) is 2. The summed E-state index contributed by atoms with van der Waals surface area (Å²) in [5, 5.41) is 2.41. The molecule has 0 heterocycles. The number of rotatable bonds is 6. The molecule has 0 aliphatic heterocycles. The highest BCUT2D eigenvalue weighted by Gasteiger charge is 2.21. The van der Waals surface area contributed by atoms with E-state index >= 15 is 0 Å². The number of benzene rings is 2. The molecule has 2 aromatic carbocycles. The maximum atomic E-state index is 14.4. The zero-order valence-electron chi connectivity index (χ0n) is 14.4. The molecule has 28 heavy (non-hydrogen) atoms. The SMILES string of the molecule is C#C/C=C\C(=C/C)S(=O)(=O)Nc1ccc(F)c(F)c1Nc1ccc(I)cc1F. The molecule has 0 fully saturated rings. The topological polar surface area (TPSA) is 58.2 Å². The van der Waals surface area contributed by atoms with Gasteiger partial charge in [0.25, 0.3) is 10.0 Å². The molecule has 0 aliphatic rings. The lowest BCUT2D eigenvalue weighted by Crippen LogP contribution is -2.16. The average molecular weight is 518 g/mol. The van der Waals surface area contributed by atoms with Crippen molar-refractivity contribution in [2.75, 3.05) is 10.0 Å². The van der Waals surface area contributed by atoms with E-state index in [1.807, 2.05) is 22.6 Å². The predicted molar refractivity (Wildman–Crippen MR) is 113 cm³/mol. The summed E-state index contributed by atoms with van der Waals surface area (Å²) in [6.07, 6.45) is 8.72. The minimum absolute atomic E-state index is 0.149. The third kappa shape index (κ3) is 5.08. The van der Waals surface area contributed by atoms with E-state index in [4.69, 9.17) is 6.42 Å². The van der Waals surface area contributed by atoms with Gasteiger partial charge >= 0.3 is 0 Å². The predicted octanol–water partition coefficient (Wildman–Crippen LogP) is 5.29. The van der Waals surface area contributed by atoms with Crippen LogP contribution in [0.1, 0.15) is 6.92 Å². The van der Waals surface area contributed by atoms with Crippen molar-refractivity contribution in [1.29, 1.82) is 0 Å². The first-order chi connectivity index (χ1) is 13.2. The maximum Gasteiger partial charge on any atom is 0.261 e. The van der Waals surface area contributed by atoms with E-state index in [2.05, 4.69) is 16.0 Å². The molecule has 0 spiro atoms. The Balaban J connectivity index is 2.50. The van der Waals surface area contributed by atoms with Crippen LogP contribution in [0.25, 0.3) is 0 Å². The summed E-state index contributed by atoms with van der Waals surface area (Å²) in [7, 11) is -4.15. The smallest absolute Gasteiger partial charge is 0.261 e. The Kier molecular flexibility index (Phi) is 7.15. The number of nitrogens with one attached hydrogen (secondary N) is 2. The first-order valence-corrected chi connectivity index (χ1v) is 10.3. The summed E-state index contributed by atoms with van der Waals surface area (Å²) in [5.74, 6) is -1.14. The Labute approximate surface area is 174 Å². The molecule has 0 saturated heterocycles. The molecule has 0 amide bonds.